The molecule has 0 atom stereocenters. The van der Waals surface area contributed by atoms with Gasteiger partial charge in [-0.25, -0.2) is 9.37 Å². The van der Waals surface area contributed by atoms with E-state index in [-0.39, 0.29) is 11.7 Å². The Kier molecular flexibility index (Phi) is 4.68. The summed E-state index contributed by atoms with van der Waals surface area (Å²) < 4.78 is 18.9. The quantitative estimate of drug-likeness (QED) is 0.563. The first-order valence-corrected chi connectivity index (χ1v) is 8.61. The van der Waals surface area contributed by atoms with Crippen molar-refractivity contribution < 1.29 is 13.9 Å². The number of ether oxygens (including phenoxy) is 1. The van der Waals surface area contributed by atoms with Crippen LogP contribution < -0.4 is 10.1 Å². The first kappa shape index (κ1) is 17.6. The van der Waals surface area contributed by atoms with Crippen molar-refractivity contribution in [3.63, 3.8) is 0 Å². The number of aromatic nitrogens is 2. The molecule has 4 aromatic rings. The first-order valence-electron chi connectivity index (χ1n) is 8.61. The number of para-hydroxylation sites is 1. The summed E-state index contributed by atoms with van der Waals surface area (Å²) in [7, 11) is 1.39. The highest BCUT2D eigenvalue weighted by molar-refractivity contribution is 6.13. The molecular formula is C22H16FN3O2. The second-order valence-electron chi connectivity index (χ2n) is 6.12. The van der Waals surface area contributed by atoms with Gasteiger partial charge in [0.05, 0.1) is 23.9 Å². The smallest absolute Gasteiger partial charge is 0.256 e. The molecule has 0 saturated heterocycles. The number of carbonyl (C=O) groups is 1. The Morgan fingerprint density at radius 1 is 1.07 bits per heavy atom. The maximum atomic E-state index is 13.9. The summed E-state index contributed by atoms with van der Waals surface area (Å²) >= 11 is 0. The lowest BCUT2D eigenvalue weighted by Gasteiger charge is -2.11. The molecule has 4 rings (SSSR count). The molecule has 5 nitrogen and oxygen atoms in total. The second kappa shape index (κ2) is 7.44. The van der Waals surface area contributed by atoms with Gasteiger partial charge in [0.25, 0.3) is 5.91 Å². The van der Waals surface area contributed by atoms with Gasteiger partial charge in [0.2, 0.25) is 0 Å². The third kappa shape index (κ3) is 3.40. The van der Waals surface area contributed by atoms with E-state index >= 15 is 0 Å². The third-order valence-corrected chi connectivity index (χ3v) is 4.33. The highest BCUT2D eigenvalue weighted by atomic mass is 19.1. The van der Waals surface area contributed by atoms with Gasteiger partial charge in [0, 0.05) is 35.1 Å². The molecule has 28 heavy (non-hydrogen) atoms. The first-order chi connectivity index (χ1) is 13.7. The Balaban J connectivity index is 1.76. The van der Waals surface area contributed by atoms with Crippen LogP contribution in [0.1, 0.15) is 10.4 Å². The van der Waals surface area contributed by atoms with E-state index in [1.165, 1.54) is 19.2 Å². The van der Waals surface area contributed by atoms with E-state index in [0.717, 1.165) is 5.56 Å². The van der Waals surface area contributed by atoms with Gasteiger partial charge in [0.15, 0.2) is 11.6 Å². The van der Waals surface area contributed by atoms with E-state index in [9.17, 15) is 9.18 Å². The topological polar surface area (TPSA) is 64.1 Å². The number of halogens is 1. The molecule has 2 heterocycles. The van der Waals surface area contributed by atoms with Crippen LogP contribution in [-0.4, -0.2) is 23.0 Å². The molecule has 0 bridgehead atoms. The minimum atomic E-state index is -0.545. The van der Waals surface area contributed by atoms with Crippen LogP contribution in [0.4, 0.5) is 10.1 Å². The molecule has 0 fully saturated rings. The second-order valence-corrected chi connectivity index (χ2v) is 6.12. The molecule has 138 valence electrons. The van der Waals surface area contributed by atoms with Crippen molar-refractivity contribution in [2.24, 2.45) is 0 Å². The summed E-state index contributed by atoms with van der Waals surface area (Å²) in [5, 5.41) is 3.45. The van der Waals surface area contributed by atoms with Crippen molar-refractivity contribution in [3.8, 4) is 17.0 Å². The van der Waals surface area contributed by atoms with Crippen LogP contribution in [0.2, 0.25) is 0 Å². The number of hydrogen-bond donors (Lipinski definition) is 1. The number of hydrogen-bond acceptors (Lipinski definition) is 4. The zero-order chi connectivity index (χ0) is 19.5. The largest absolute Gasteiger partial charge is 0.494 e. The fourth-order valence-corrected chi connectivity index (χ4v) is 2.97. The van der Waals surface area contributed by atoms with E-state index in [4.69, 9.17) is 4.74 Å². The van der Waals surface area contributed by atoms with Crippen molar-refractivity contribution in [2.45, 2.75) is 0 Å². The lowest BCUT2D eigenvalue weighted by molar-refractivity contribution is 0.102. The molecule has 0 radical (unpaired) electrons. The van der Waals surface area contributed by atoms with Crippen LogP contribution in [0.3, 0.4) is 0 Å². The van der Waals surface area contributed by atoms with Crippen molar-refractivity contribution in [2.75, 3.05) is 12.4 Å². The number of nitrogens with zero attached hydrogens (tertiary/aromatic N) is 2. The van der Waals surface area contributed by atoms with E-state index in [1.807, 2.05) is 36.4 Å². The van der Waals surface area contributed by atoms with Gasteiger partial charge in [0.1, 0.15) is 0 Å². The minimum Gasteiger partial charge on any atom is -0.494 e. The highest BCUT2D eigenvalue weighted by Gasteiger charge is 2.15. The van der Waals surface area contributed by atoms with Crippen LogP contribution in [0, 0.1) is 5.82 Å². The maximum Gasteiger partial charge on any atom is 0.256 e. The molecule has 0 aliphatic carbocycles. The summed E-state index contributed by atoms with van der Waals surface area (Å²) in [6.07, 6.45) is 3.37. The Morgan fingerprint density at radius 2 is 1.93 bits per heavy atom. The minimum absolute atomic E-state index is 0.117. The molecular weight excluding hydrogens is 357 g/mol. The van der Waals surface area contributed by atoms with E-state index in [1.54, 1.807) is 24.5 Å². The van der Waals surface area contributed by atoms with Crippen LogP contribution in [-0.2, 0) is 0 Å². The molecule has 0 saturated carbocycles. The average Bonchev–Trinajstić information content (AvgIpc) is 2.73. The Hall–Kier alpha value is -3.80. The lowest BCUT2D eigenvalue weighted by atomic mass is 10.0. The molecule has 1 N–H and O–H groups in total. The number of rotatable bonds is 4. The van der Waals surface area contributed by atoms with Crippen molar-refractivity contribution in [1.29, 1.82) is 0 Å². The van der Waals surface area contributed by atoms with Crippen molar-refractivity contribution in [1.82, 2.24) is 9.97 Å². The SMILES string of the molecule is COc1ccc(NC(=O)c2cc(-c3cccnc3)nc3ccccc23)cc1F. The summed E-state index contributed by atoms with van der Waals surface area (Å²) in [5.74, 6) is -0.782. The predicted molar refractivity (Wildman–Crippen MR) is 106 cm³/mol. The van der Waals surface area contributed by atoms with Gasteiger partial charge in [-0.3, -0.25) is 9.78 Å². The Morgan fingerprint density at radius 3 is 2.68 bits per heavy atom. The fourth-order valence-electron chi connectivity index (χ4n) is 2.97. The molecule has 2 aromatic carbocycles. The van der Waals surface area contributed by atoms with Gasteiger partial charge in [-0.2, -0.15) is 0 Å². The number of amides is 1. The number of carbonyl (C=O) groups excluding carboxylic acids is 1. The molecule has 0 unspecified atom stereocenters. The lowest BCUT2D eigenvalue weighted by Crippen LogP contribution is -2.13. The fraction of sp³-hybridized carbons (Fsp3) is 0.0455. The van der Waals surface area contributed by atoms with Crippen molar-refractivity contribution >= 4 is 22.5 Å². The van der Waals surface area contributed by atoms with Gasteiger partial charge < -0.3 is 10.1 Å². The molecule has 6 heteroatoms. The number of methoxy groups -OCH3 is 1. The average molecular weight is 373 g/mol. The number of anilines is 1. The zero-order valence-corrected chi connectivity index (χ0v) is 15.0. The molecule has 0 aliphatic rings. The van der Waals surface area contributed by atoms with Crippen LogP contribution in [0.15, 0.2) is 73.1 Å². The highest BCUT2D eigenvalue weighted by Crippen LogP contribution is 2.26. The van der Waals surface area contributed by atoms with Crippen LogP contribution in [0.5, 0.6) is 5.75 Å². The standard InChI is InChI=1S/C22H16FN3O2/c1-28-21-9-8-15(11-18(21)23)25-22(27)17-12-20(14-5-4-10-24-13-14)26-19-7-3-2-6-16(17)19/h2-13H,1H3,(H,25,27). The van der Waals surface area contributed by atoms with Gasteiger partial charge in [-0.1, -0.05) is 18.2 Å². The van der Waals surface area contributed by atoms with Gasteiger partial charge >= 0.3 is 0 Å². The number of benzene rings is 2. The molecule has 2 aromatic heterocycles. The number of nitrogens with one attached hydrogen (secondary N) is 1. The predicted octanol–water partition coefficient (Wildman–Crippen LogP) is 4.70. The zero-order valence-electron chi connectivity index (χ0n) is 15.0. The Bertz CT molecular complexity index is 1160. The summed E-state index contributed by atoms with van der Waals surface area (Å²) in [6.45, 7) is 0. The van der Waals surface area contributed by atoms with Crippen LogP contribution in [0.25, 0.3) is 22.2 Å². The normalized spacial score (nSPS) is 10.6. The van der Waals surface area contributed by atoms with E-state index < -0.39 is 5.82 Å². The maximum absolute atomic E-state index is 13.9. The molecule has 0 spiro atoms. The summed E-state index contributed by atoms with van der Waals surface area (Å²) in [6, 6.07) is 17.1. The molecule has 1 amide bonds. The number of pyridine rings is 2. The van der Waals surface area contributed by atoms with E-state index in [0.29, 0.717) is 27.8 Å². The van der Waals surface area contributed by atoms with Gasteiger partial charge in [-0.15, -0.1) is 0 Å². The molecule has 0 aliphatic heterocycles. The summed E-state index contributed by atoms with van der Waals surface area (Å²) in [5.41, 5.74) is 2.92. The monoisotopic (exact) mass is 373 g/mol. The van der Waals surface area contributed by atoms with Gasteiger partial charge in [-0.05, 0) is 36.4 Å². The van der Waals surface area contributed by atoms with Crippen molar-refractivity contribution in [3.05, 3.63) is 84.4 Å². The van der Waals surface area contributed by atoms with Crippen LogP contribution >= 0.6 is 0 Å². The third-order valence-electron chi connectivity index (χ3n) is 4.33. The van der Waals surface area contributed by atoms with E-state index in [2.05, 4.69) is 15.3 Å². The number of fused-ring (bicyclic) bond motifs is 1. The summed E-state index contributed by atoms with van der Waals surface area (Å²) in [4.78, 5) is 21.7. The Labute approximate surface area is 160 Å².